The van der Waals surface area contributed by atoms with Gasteiger partial charge >= 0.3 is 0 Å². The molecule has 2 aromatic rings. The number of aromatic nitrogens is 1. The minimum Gasteiger partial charge on any atom is -0.348 e. The highest BCUT2D eigenvalue weighted by atomic mass is 16.2. The number of nitrogens with zero attached hydrogens (tertiary/aromatic N) is 1. The molecule has 6 nitrogen and oxygen atoms in total. The number of nitrogens with one attached hydrogen (secondary N) is 2. The summed E-state index contributed by atoms with van der Waals surface area (Å²) in [6.45, 7) is 7.45. The van der Waals surface area contributed by atoms with Crippen LogP contribution in [-0.2, 0) is 19.5 Å². The number of aromatic amines is 1. The normalized spacial score (nSPS) is 18.5. The molecule has 2 heterocycles. The molecule has 6 heteroatoms. The fourth-order valence-corrected chi connectivity index (χ4v) is 4.71. The molecule has 0 unspecified atom stereocenters. The molecule has 0 saturated carbocycles. The number of benzene rings is 1. The number of likely N-dealkylation sites (tertiary alicyclic amines) is 1. The van der Waals surface area contributed by atoms with E-state index in [9.17, 15) is 14.4 Å². The second-order valence-corrected chi connectivity index (χ2v) is 9.63. The Morgan fingerprint density at radius 1 is 1.06 bits per heavy atom. The summed E-state index contributed by atoms with van der Waals surface area (Å²) in [6, 6.07) is 9.57. The Kier molecular flexibility index (Phi) is 6.10. The predicted molar refractivity (Wildman–Crippen MR) is 120 cm³/mol. The maximum atomic E-state index is 12.8. The smallest absolute Gasteiger partial charge is 0.261 e. The fraction of sp³-hybridized carbons (Fsp3) is 0.480. The van der Waals surface area contributed by atoms with E-state index in [1.807, 2.05) is 32.0 Å². The highest BCUT2D eigenvalue weighted by Crippen LogP contribution is 2.33. The van der Waals surface area contributed by atoms with Gasteiger partial charge in [-0.25, -0.2) is 0 Å². The molecule has 4 rings (SSSR count). The zero-order valence-electron chi connectivity index (χ0n) is 18.4. The van der Waals surface area contributed by atoms with Crippen LogP contribution in [0.2, 0.25) is 0 Å². The number of rotatable bonds is 5. The molecule has 31 heavy (non-hydrogen) atoms. The Bertz CT molecular complexity index is 1050. The zero-order valence-corrected chi connectivity index (χ0v) is 18.4. The van der Waals surface area contributed by atoms with Gasteiger partial charge in [-0.15, -0.1) is 0 Å². The number of piperidine rings is 1. The quantitative estimate of drug-likeness (QED) is 0.775. The van der Waals surface area contributed by atoms with Gasteiger partial charge < -0.3 is 10.3 Å². The van der Waals surface area contributed by atoms with Crippen LogP contribution in [0.25, 0.3) is 0 Å². The Morgan fingerprint density at radius 3 is 2.52 bits per heavy atom. The number of carbonyl (C=O) groups is 2. The number of hydrogen-bond acceptors (Lipinski definition) is 4. The number of hydrogen-bond donors (Lipinski definition) is 2. The van der Waals surface area contributed by atoms with Gasteiger partial charge in [0.15, 0.2) is 5.78 Å². The van der Waals surface area contributed by atoms with E-state index in [2.05, 4.69) is 21.3 Å². The average Bonchev–Trinajstić information content (AvgIpc) is 2.72. The topological polar surface area (TPSA) is 82.3 Å². The van der Waals surface area contributed by atoms with Crippen molar-refractivity contribution in [1.82, 2.24) is 15.2 Å². The molecule has 1 fully saturated rings. The molecule has 2 N–H and O–H groups in total. The molecule has 164 valence electrons. The lowest BCUT2D eigenvalue weighted by atomic mass is 9.75. The van der Waals surface area contributed by atoms with Crippen molar-refractivity contribution in [3.05, 3.63) is 68.6 Å². The first kappa shape index (κ1) is 21.5. The van der Waals surface area contributed by atoms with Gasteiger partial charge in [0.1, 0.15) is 5.56 Å². The molecular weight excluding hydrogens is 390 g/mol. The molecule has 1 aromatic carbocycles. The Hall–Kier alpha value is -2.73. The summed E-state index contributed by atoms with van der Waals surface area (Å²) in [5, 5.41) is 2.88. The predicted octanol–water partition coefficient (Wildman–Crippen LogP) is 3.45. The summed E-state index contributed by atoms with van der Waals surface area (Å²) < 4.78 is 0. The van der Waals surface area contributed by atoms with E-state index in [1.165, 1.54) is 30.9 Å². The summed E-state index contributed by atoms with van der Waals surface area (Å²) in [7, 11) is 0. The number of H-pyrrole nitrogens is 1. The van der Waals surface area contributed by atoms with Gasteiger partial charge in [-0.3, -0.25) is 19.3 Å². The van der Waals surface area contributed by atoms with Gasteiger partial charge in [0.25, 0.3) is 11.5 Å². The molecule has 1 aromatic heterocycles. The molecule has 1 aliphatic heterocycles. The van der Waals surface area contributed by atoms with Crippen LogP contribution in [0.5, 0.6) is 0 Å². The Labute approximate surface area is 183 Å². The zero-order chi connectivity index (χ0) is 22.0. The van der Waals surface area contributed by atoms with Crippen LogP contribution in [0.3, 0.4) is 0 Å². The first-order valence-electron chi connectivity index (χ1n) is 11.2. The van der Waals surface area contributed by atoms with E-state index in [0.29, 0.717) is 30.6 Å². The maximum absolute atomic E-state index is 12.8. The molecule has 1 saturated heterocycles. The third-order valence-corrected chi connectivity index (χ3v) is 6.36. The van der Waals surface area contributed by atoms with E-state index in [1.54, 1.807) is 0 Å². The summed E-state index contributed by atoms with van der Waals surface area (Å²) in [5.74, 6) is -0.474. The standard InChI is InChI=1S/C25H31N3O3/c1-25(2)13-21-19(22(29)14-25)12-20(24(31)27-21)23(30)26-15-17-8-4-5-9-18(17)16-28-10-6-3-7-11-28/h4-5,8-9,12H,3,6-7,10-11,13-16H2,1-2H3,(H,26,30)(H,27,31). The molecule has 2 aliphatic rings. The van der Waals surface area contributed by atoms with E-state index < -0.39 is 11.5 Å². The lowest BCUT2D eigenvalue weighted by Gasteiger charge is -2.29. The minimum absolute atomic E-state index is 0.000294. The maximum Gasteiger partial charge on any atom is 0.261 e. The van der Waals surface area contributed by atoms with Crippen LogP contribution < -0.4 is 10.9 Å². The van der Waals surface area contributed by atoms with E-state index in [4.69, 9.17) is 0 Å². The lowest BCUT2D eigenvalue weighted by Crippen LogP contribution is -2.35. The van der Waals surface area contributed by atoms with Crippen LogP contribution in [0.15, 0.2) is 35.1 Å². The number of fused-ring (bicyclic) bond motifs is 1. The highest BCUT2D eigenvalue weighted by molar-refractivity contribution is 6.02. The molecule has 0 bridgehead atoms. The first-order chi connectivity index (χ1) is 14.8. The summed E-state index contributed by atoms with van der Waals surface area (Å²) in [4.78, 5) is 43.1. The van der Waals surface area contributed by atoms with Gasteiger partial charge in [-0.05, 0) is 55.0 Å². The van der Waals surface area contributed by atoms with Gasteiger partial charge in [0, 0.05) is 30.8 Å². The average molecular weight is 422 g/mol. The van der Waals surface area contributed by atoms with Gasteiger partial charge in [0.2, 0.25) is 0 Å². The molecule has 0 atom stereocenters. The highest BCUT2D eigenvalue weighted by Gasteiger charge is 2.32. The second-order valence-electron chi connectivity index (χ2n) is 9.63. The lowest BCUT2D eigenvalue weighted by molar-refractivity contribution is 0.0910. The summed E-state index contributed by atoms with van der Waals surface area (Å²) >= 11 is 0. The van der Waals surface area contributed by atoms with Crippen molar-refractivity contribution in [2.75, 3.05) is 13.1 Å². The number of carbonyl (C=O) groups excluding carboxylic acids is 2. The van der Waals surface area contributed by atoms with E-state index in [0.717, 1.165) is 25.2 Å². The molecule has 1 amide bonds. The SMILES string of the molecule is CC1(C)CC(=O)c2cc(C(=O)NCc3ccccc3CN3CCCCC3)c(=O)[nH]c2C1. The van der Waals surface area contributed by atoms with Crippen molar-refractivity contribution in [3.63, 3.8) is 0 Å². The third-order valence-electron chi connectivity index (χ3n) is 6.36. The summed E-state index contributed by atoms with van der Waals surface area (Å²) in [5.41, 5.74) is 2.72. The largest absolute Gasteiger partial charge is 0.348 e. The van der Waals surface area contributed by atoms with Crippen LogP contribution in [0, 0.1) is 5.41 Å². The van der Waals surface area contributed by atoms with Crippen molar-refractivity contribution in [2.24, 2.45) is 5.41 Å². The number of pyridine rings is 1. The number of ketones is 1. The van der Waals surface area contributed by atoms with Crippen molar-refractivity contribution in [1.29, 1.82) is 0 Å². The summed E-state index contributed by atoms with van der Waals surface area (Å²) in [6.07, 6.45) is 4.79. The van der Waals surface area contributed by atoms with Crippen LogP contribution >= 0.6 is 0 Å². The van der Waals surface area contributed by atoms with Crippen LogP contribution in [0.1, 0.15) is 77.1 Å². The third kappa shape index (κ3) is 4.96. The van der Waals surface area contributed by atoms with Gasteiger partial charge in [0.05, 0.1) is 0 Å². The first-order valence-corrected chi connectivity index (χ1v) is 11.2. The number of Topliss-reactive ketones (excluding diaryl/α,β-unsaturated/α-hetero) is 1. The fourth-order valence-electron chi connectivity index (χ4n) is 4.71. The molecule has 1 aliphatic carbocycles. The minimum atomic E-state index is -0.450. The monoisotopic (exact) mass is 421 g/mol. The number of amides is 1. The molecule has 0 spiro atoms. The van der Waals surface area contributed by atoms with Crippen molar-refractivity contribution >= 4 is 11.7 Å². The van der Waals surface area contributed by atoms with Crippen LogP contribution in [-0.4, -0.2) is 34.7 Å². The Morgan fingerprint density at radius 2 is 1.77 bits per heavy atom. The molecule has 0 radical (unpaired) electrons. The van der Waals surface area contributed by atoms with Gasteiger partial charge in [-0.1, -0.05) is 44.5 Å². The Balaban J connectivity index is 1.48. The molecular formula is C25H31N3O3. The van der Waals surface area contributed by atoms with Crippen LogP contribution in [0.4, 0.5) is 0 Å². The van der Waals surface area contributed by atoms with E-state index in [-0.39, 0.29) is 16.8 Å². The van der Waals surface area contributed by atoms with Crippen molar-refractivity contribution < 1.29 is 9.59 Å². The second kappa shape index (κ2) is 8.79. The van der Waals surface area contributed by atoms with Gasteiger partial charge in [-0.2, -0.15) is 0 Å². The van der Waals surface area contributed by atoms with Crippen molar-refractivity contribution in [2.45, 2.75) is 59.0 Å². The van der Waals surface area contributed by atoms with Crippen molar-refractivity contribution in [3.8, 4) is 0 Å². The van der Waals surface area contributed by atoms with E-state index >= 15 is 0 Å².